The van der Waals surface area contributed by atoms with Crippen LogP contribution in [0.4, 0.5) is 5.69 Å². The van der Waals surface area contributed by atoms with Crippen LogP contribution in [0.15, 0.2) is 41.3 Å². The smallest absolute Gasteiger partial charge is 0.279 e. The van der Waals surface area contributed by atoms with Gasteiger partial charge in [0, 0.05) is 5.69 Å². The van der Waals surface area contributed by atoms with Gasteiger partial charge in [-0.05, 0) is 49.2 Å². The van der Waals surface area contributed by atoms with E-state index in [9.17, 15) is 13.2 Å². The molecule has 0 radical (unpaired) electrons. The molecule has 9 heteroatoms. The highest BCUT2D eigenvalue weighted by molar-refractivity contribution is 7.89. The molecule has 0 saturated carbocycles. The Labute approximate surface area is 181 Å². The van der Waals surface area contributed by atoms with Gasteiger partial charge in [-0.25, -0.2) is 8.42 Å². The average Bonchev–Trinajstić information content (AvgIpc) is 2.67. The number of benzene rings is 2. The lowest BCUT2D eigenvalue weighted by Crippen LogP contribution is -3.15. The van der Waals surface area contributed by atoms with Gasteiger partial charge in [-0.2, -0.15) is 4.31 Å². The molecule has 1 aliphatic heterocycles. The maximum atomic E-state index is 13.0. The number of piperazine rings is 1. The maximum Gasteiger partial charge on any atom is 0.279 e. The topological polar surface area (TPSA) is 70.9 Å². The standard InChI is InChI=1S/C20H23Cl2N3O3S/c1-14-3-4-15(2)19(11-14)29(27,28)25-9-7-24(8-10-25)13-20(26)23-16-5-6-17(21)18(22)12-16/h3-6,11-12H,7-10,13H2,1-2H3,(H,23,26)/p+1. The second kappa shape index (κ2) is 9.02. The summed E-state index contributed by atoms with van der Waals surface area (Å²) in [6.07, 6.45) is 0. The molecule has 2 aromatic rings. The molecule has 1 amide bonds. The number of hydrogen-bond donors (Lipinski definition) is 2. The fourth-order valence-electron chi connectivity index (χ4n) is 3.35. The summed E-state index contributed by atoms with van der Waals surface area (Å²) in [6.45, 7) is 5.85. The van der Waals surface area contributed by atoms with Crippen LogP contribution in [-0.2, 0) is 14.8 Å². The summed E-state index contributed by atoms with van der Waals surface area (Å²) in [7, 11) is -3.53. The van der Waals surface area contributed by atoms with Crippen LogP contribution in [-0.4, -0.2) is 51.4 Å². The van der Waals surface area contributed by atoms with E-state index in [0.717, 1.165) is 16.0 Å². The van der Waals surface area contributed by atoms with E-state index in [4.69, 9.17) is 23.2 Å². The van der Waals surface area contributed by atoms with Gasteiger partial charge < -0.3 is 10.2 Å². The van der Waals surface area contributed by atoms with Crippen molar-refractivity contribution in [3.05, 3.63) is 57.6 Å². The van der Waals surface area contributed by atoms with Crippen molar-refractivity contribution in [3.63, 3.8) is 0 Å². The summed E-state index contributed by atoms with van der Waals surface area (Å²) >= 11 is 11.9. The van der Waals surface area contributed by atoms with E-state index in [1.165, 1.54) is 4.31 Å². The van der Waals surface area contributed by atoms with Crippen LogP contribution in [0.5, 0.6) is 0 Å². The molecule has 0 atom stereocenters. The third-order valence-corrected chi connectivity index (χ3v) is 7.78. The molecule has 0 aromatic heterocycles. The molecule has 1 fully saturated rings. The Morgan fingerprint density at radius 2 is 1.76 bits per heavy atom. The van der Waals surface area contributed by atoms with E-state index in [1.54, 1.807) is 31.2 Å². The predicted molar refractivity (Wildman–Crippen MR) is 115 cm³/mol. The predicted octanol–water partition coefficient (Wildman–Crippen LogP) is 2.14. The Morgan fingerprint density at radius 3 is 2.41 bits per heavy atom. The second-order valence-electron chi connectivity index (χ2n) is 7.28. The third-order valence-electron chi connectivity index (χ3n) is 5.00. The zero-order valence-electron chi connectivity index (χ0n) is 16.3. The molecule has 2 N–H and O–H groups in total. The normalized spacial score (nSPS) is 16.0. The molecule has 0 aliphatic carbocycles. The largest absolute Gasteiger partial charge is 0.325 e. The first-order valence-electron chi connectivity index (χ1n) is 9.32. The molecule has 0 spiro atoms. The SMILES string of the molecule is Cc1ccc(C)c(S(=O)(=O)N2CC[NH+](CC(=O)Nc3ccc(Cl)c(Cl)c3)CC2)c1. The zero-order chi connectivity index (χ0) is 21.2. The molecule has 0 unspecified atom stereocenters. The van der Waals surface area contributed by atoms with Crippen molar-refractivity contribution in [2.24, 2.45) is 0 Å². The van der Waals surface area contributed by atoms with Crippen molar-refractivity contribution >= 4 is 44.8 Å². The van der Waals surface area contributed by atoms with Gasteiger partial charge in [0.15, 0.2) is 6.54 Å². The van der Waals surface area contributed by atoms with Crippen LogP contribution >= 0.6 is 23.2 Å². The van der Waals surface area contributed by atoms with Gasteiger partial charge in [-0.1, -0.05) is 35.3 Å². The summed E-state index contributed by atoms with van der Waals surface area (Å²) < 4.78 is 27.5. The minimum atomic E-state index is -3.53. The number of sulfonamides is 1. The summed E-state index contributed by atoms with van der Waals surface area (Å²) in [6, 6.07) is 10.4. The number of nitrogens with zero attached hydrogens (tertiary/aromatic N) is 1. The van der Waals surface area contributed by atoms with Crippen LogP contribution in [0.3, 0.4) is 0 Å². The highest BCUT2D eigenvalue weighted by atomic mass is 35.5. The third kappa shape index (κ3) is 5.29. The van der Waals surface area contributed by atoms with E-state index < -0.39 is 10.0 Å². The summed E-state index contributed by atoms with van der Waals surface area (Å²) in [5.41, 5.74) is 2.24. The Balaban J connectivity index is 1.58. The molecule has 0 bridgehead atoms. The van der Waals surface area contributed by atoms with Crippen molar-refractivity contribution in [1.29, 1.82) is 0 Å². The number of hydrogen-bond acceptors (Lipinski definition) is 3. The Morgan fingerprint density at radius 1 is 1.07 bits per heavy atom. The molecule has 1 heterocycles. The molecule has 2 aromatic carbocycles. The number of quaternary nitrogens is 1. The number of aryl methyl sites for hydroxylation is 2. The lowest BCUT2D eigenvalue weighted by atomic mass is 10.2. The number of anilines is 1. The van der Waals surface area contributed by atoms with Gasteiger partial charge in [-0.15, -0.1) is 0 Å². The van der Waals surface area contributed by atoms with Crippen molar-refractivity contribution in [3.8, 4) is 0 Å². The first-order valence-corrected chi connectivity index (χ1v) is 11.5. The summed E-state index contributed by atoms with van der Waals surface area (Å²) in [5, 5.41) is 3.61. The maximum absolute atomic E-state index is 13.0. The number of nitrogens with one attached hydrogen (secondary N) is 2. The highest BCUT2D eigenvalue weighted by Crippen LogP contribution is 2.25. The van der Waals surface area contributed by atoms with Crippen LogP contribution in [0.25, 0.3) is 0 Å². The Kier molecular flexibility index (Phi) is 6.86. The van der Waals surface area contributed by atoms with Crippen LogP contribution in [0.1, 0.15) is 11.1 Å². The Hall–Kier alpha value is -1.64. The van der Waals surface area contributed by atoms with Gasteiger partial charge >= 0.3 is 0 Å². The van der Waals surface area contributed by atoms with Crippen LogP contribution in [0, 0.1) is 13.8 Å². The van der Waals surface area contributed by atoms with Crippen molar-refractivity contribution in [2.45, 2.75) is 18.7 Å². The lowest BCUT2D eigenvalue weighted by Gasteiger charge is -2.31. The van der Waals surface area contributed by atoms with Gasteiger partial charge in [0.05, 0.1) is 41.1 Å². The van der Waals surface area contributed by atoms with Crippen molar-refractivity contribution in [2.75, 3.05) is 38.0 Å². The quantitative estimate of drug-likeness (QED) is 0.723. The molecular weight excluding hydrogens is 433 g/mol. The fraction of sp³-hybridized carbons (Fsp3) is 0.350. The van der Waals surface area contributed by atoms with E-state index in [-0.39, 0.29) is 12.5 Å². The molecule has 1 aliphatic rings. The minimum Gasteiger partial charge on any atom is -0.325 e. The van der Waals surface area contributed by atoms with Crippen LogP contribution < -0.4 is 10.2 Å². The molecule has 3 rings (SSSR count). The minimum absolute atomic E-state index is 0.149. The first kappa shape index (κ1) is 22.1. The van der Waals surface area contributed by atoms with Gasteiger partial charge in [0.1, 0.15) is 0 Å². The molecule has 29 heavy (non-hydrogen) atoms. The molecular formula is C20H24Cl2N3O3S+. The van der Waals surface area contributed by atoms with Crippen molar-refractivity contribution in [1.82, 2.24) is 4.31 Å². The second-order valence-corrected chi connectivity index (χ2v) is 10.00. The molecule has 1 saturated heterocycles. The number of carbonyl (C=O) groups is 1. The number of halogens is 2. The highest BCUT2D eigenvalue weighted by Gasteiger charge is 2.32. The molecule has 6 nitrogen and oxygen atoms in total. The Bertz CT molecular complexity index is 1020. The molecule has 156 valence electrons. The van der Waals surface area contributed by atoms with Crippen LogP contribution in [0.2, 0.25) is 10.0 Å². The first-order chi connectivity index (χ1) is 13.7. The number of amides is 1. The summed E-state index contributed by atoms with van der Waals surface area (Å²) in [5.74, 6) is -0.149. The zero-order valence-corrected chi connectivity index (χ0v) is 18.7. The number of carbonyl (C=O) groups excluding carboxylic acids is 1. The lowest BCUT2D eigenvalue weighted by molar-refractivity contribution is -0.895. The van der Waals surface area contributed by atoms with Gasteiger partial charge in [0.2, 0.25) is 10.0 Å². The monoisotopic (exact) mass is 456 g/mol. The van der Waals surface area contributed by atoms with E-state index in [0.29, 0.717) is 46.8 Å². The summed E-state index contributed by atoms with van der Waals surface area (Å²) in [4.78, 5) is 13.7. The van der Waals surface area contributed by atoms with E-state index in [2.05, 4.69) is 5.32 Å². The van der Waals surface area contributed by atoms with E-state index in [1.807, 2.05) is 19.1 Å². The fourth-order valence-corrected chi connectivity index (χ4v) is 5.40. The van der Waals surface area contributed by atoms with Gasteiger partial charge in [0.25, 0.3) is 5.91 Å². The van der Waals surface area contributed by atoms with Crippen molar-refractivity contribution < 1.29 is 18.1 Å². The van der Waals surface area contributed by atoms with E-state index >= 15 is 0 Å². The average molecular weight is 457 g/mol. The van der Waals surface area contributed by atoms with Gasteiger partial charge in [-0.3, -0.25) is 4.79 Å². The number of rotatable bonds is 5.